The van der Waals surface area contributed by atoms with Crippen molar-refractivity contribution < 1.29 is 9.53 Å². The summed E-state index contributed by atoms with van der Waals surface area (Å²) in [7, 11) is 0. The van der Waals surface area contributed by atoms with Crippen LogP contribution in [-0.2, 0) is 4.74 Å². The van der Waals surface area contributed by atoms with Crippen molar-refractivity contribution in [3.8, 4) is 0 Å². The number of ether oxygens (including phenoxy) is 1. The fourth-order valence-corrected chi connectivity index (χ4v) is 3.88. The first-order valence-electron chi connectivity index (χ1n) is 10.1. The maximum absolute atomic E-state index is 13.7. The topological polar surface area (TPSA) is 41.6 Å². The predicted molar refractivity (Wildman–Crippen MR) is 116 cm³/mol. The molecule has 3 aromatic carbocycles. The minimum absolute atomic E-state index is 0.129. The number of hydrogen-bond donors (Lipinski definition) is 1. The minimum atomic E-state index is -0.330. The van der Waals surface area contributed by atoms with Crippen molar-refractivity contribution in [2.24, 2.45) is 0 Å². The number of morpholine rings is 1. The van der Waals surface area contributed by atoms with Crippen LogP contribution >= 0.6 is 0 Å². The summed E-state index contributed by atoms with van der Waals surface area (Å²) in [5.41, 5.74) is 2.83. The maximum atomic E-state index is 13.7. The van der Waals surface area contributed by atoms with E-state index in [-0.39, 0.29) is 17.9 Å². The highest BCUT2D eigenvalue weighted by Gasteiger charge is 2.36. The lowest BCUT2D eigenvalue weighted by molar-refractivity contribution is 0.0140. The lowest BCUT2D eigenvalue weighted by atomic mass is 9.90. The number of nitrogens with zero attached hydrogens (tertiary/aromatic N) is 1. The Morgan fingerprint density at radius 2 is 1.34 bits per heavy atom. The fraction of sp³-hybridized carbons (Fsp3) is 0.240. The molecule has 2 atom stereocenters. The average Bonchev–Trinajstić information content (AvgIpc) is 2.81. The number of carbonyl (C=O) groups excluding carboxylic acids is 1. The molecule has 4 heteroatoms. The van der Waals surface area contributed by atoms with Gasteiger partial charge in [0.05, 0.1) is 25.3 Å². The molecule has 3 aromatic rings. The molecule has 1 fully saturated rings. The Labute approximate surface area is 172 Å². The summed E-state index contributed by atoms with van der Waals surface area (Å²) in [6.45, 7) is 2.77. The van der Waals surface area contributed by atoms with Crippen molar-refractivity contribution in [2.75, 3.05) is 31.6 Å². The van der Waals surface area contributed by atoms with Gasteiger partial charge in [0.25, 0.3) is 0 Å². The number of nitrogens with one attached hydrogen (secondary N) is 1. The highest BCUT2D eigenvalue weighted by Crippen LogP contribution is 2.29. The van der Waals surface area contributed by atoms with Crippen molar-refractivity contribution in [2.45, 2.75) is 12.1 Å². The van der Waals surface area contributed by atoms with E-state index in [0.717, 1.165) is 29.9 Å². The SMILES string of the molecule is O=C(c1ccccc1)C(C(Nc1ccccc1)c1ccccc1)N1CCOCC1. The first-order chi connectivity index (χ1) is 14.3. The standard InChI is InChI=1S/C25H26N2O2/c28-25(21-12-6-2-7-13-21)24(27-16-18-29-19-17-27)23(20-10-4-1-5-11-20)26-22-14-8-3-9-15-22/h1-15,23-24,26H,16-19H2. The first-order valence-corrected chi connectivity index (χ1v) is 10.1. The third kappa shape index (κ3) is 4.73. The van der Waals surface area contributed by atoms with Gasteiger partial charge in [0.1, 0.15) is 0 Å². The van der Waals surface area contributed by atoms with Gasteiger partial charge < -0.3 is 10.1 Å². The molecule has 0 aliphatic carbocycles. The Morgan fingerprint density at radius 1 is 0.793 bits per heavy atom. The van der Waals surface area contributed by atoms with Gasteiger partial charge in [-0.25, -0.2) is 0 Å². The van der Waals surface area contributed by atoms with Gasteiger partial charge in [-0.3, -0.25) is 9.69 Å². The Hall–Kier alpha value is -2.95. The van der Waals surface area contributed by atoms with E-state index in [1.807, 2.05) is 78.9 Å². The largest absolute Gasteiger partial charge is 0.379 e. The van der Waals surface area contributed by atoms with Crippen LogP contribution in [-0.4, -0.2) is 43.0 Å². The van der Waals surface area contributed by atoms with Crippen molar-refractivity contribution in [3.05, 3.63) is 102 Å². The summed E-state index contributed by atoms with van der Waals surface area (Å²) >= 11 is 0. The zero-order chi connectivity index (χ0) is 19.9. The molecule has 1 aliphatic rings. The molecule has 0 aromatic heterocycles. The molecule has 1 heterocycles. The van der Waals surface area contributed by atoms with Gasteiger partial charge in [-0.15, -0.1) is 0 Å². The number of carbonyl (C=O) groups is 1. The molecule has 29 heavy (non-hydrogen) atoms. The third-order valence-corrected chi connectivity index (χ3v) is 5.34. The van der Waals surface area contributed by atoms with E-state index in [1.165, 1.54) is 0 Å². The van der Waals surface area contributed by atoms with Crippen LogP contribution in [0.1, 0.15) is 22.0 Å². The minimum Gasteiger partial charge on any atom is -0.379 e. The van der Waals surface area contributed by atoms with E-state index < -0.39 is 0 Å². The third-order valence-electron chi connectivity index (χ3n) is 5.34. The highest BCUT2D eigenvalue weighted by atomic mass is 16.5. The predicted octanol–water partition coefficient (Wildman–Crippen LogP) is 4.42. The van der Waals surface area contributed by atoms with Crippen LogP contribution in [0.3, 0.4) is 0 Å². The smallest absolute Gasteiger partial charge is 0.182 e. The quantitative estimate of drug-likeness (QED) is 0.610. The molecule has 1 aliphatic heterocycles. The van der Waals surface area contributed by atoms with E-state index in [4.69, 9.17) is 4.74 Å². The monoisotopic (exact) mass is 386 g/mol. The number of hydrogen-bond acceptors (Lipinski definition) is 4. The second kappa shape index (κ2) is 9.50. The fourth-order valence-electron chi connectivity index (χ4n) is 3.88. The van der Waals surface area contributed by atoms with Crippen LogP contribution in [0, 0.1) is 0 Å². The summed E-state index contributed by atoms with van der Waals surface area (Å²) in [6, 6.07) is 29.4. The second-order valence-corrected chi connectivity index (χ2v) is 7.22. The van der Waals surface area contributed by atoms with Gasteiger partial charge >= 0.3 is 0 Å². The Bertz CT molecular complexity index is 894. The summed E-state index contributed by atoms with van der Waals surface area (Å²) in [6.07, 6.45) is 0. The van der Waals surface area contributed by atoms with Crippen LogP contribution < -0.4 is 5.32 Å². The maximum Gasteiger partial charge on any atom is 0.182 e. The zero-order valence-corrected chi connectivity index (χ0v) is 16.4. The number of para-hydroxylation sites is 1. The molecule has 0 spiro atoms. The van der Waals surface area contributed by atoms with E-state index in [9.17, 15) is 4.79 Å². The summed E-state index contributed by atoms with van der Waals surface area (Å²) in [5.74, 6) is 0.129. The van der Waals surface area contributed by atoms with Gasteiger partial charge in [0.15, 0.2) is 5.78 Å². The van der Waals surface area contributed by atoms with Crippen LogP contribution in [0.15, 0.2) is 91.0 Å². The number of rotatable bonds is 7. The molecule has 0 radical (unpaired) electrons. The molecule has 1 N–H and O–H groups in total. The lowest BCUT2D eigenvalue weighted by Gasteiger charge is -2.39. The molecule has 1 saturated heterocycles. The van der Waals surface area contributed by atoms with Gasteiger partial charge in [-0.1, -0.05) is 78.9 Å². The number of anilines is 1. The van der Waals surface area contributed by atoms with Crippen LogP contribution in [0.25, 0.3) is 0 Å². The molecule has 0 bridgehead atoms. The van der Waals surface area contributed by atoms with Crippen molar-refractivity contribution in [1.29, 1.82) is 0 Å². The van der Waals surface area contributed by atoms with Crippen LogP contribution in [0.4, 0.5) is 5.69 Å². The van der Waals surface area contributed by atoms with Gasteiger partial charge in [0, 0.05) is 24.3 Å². The average molecular weight is 386 g/mol. The molecule has 2 unspecified atom stereocenters. The summed E-state index contributed by atoms with van der Waals surface area (Å²) in [4.78, 5) is 16.0. The number of ketones is 1. The van der Waals surface area contributed by atoms with Crippen molar-refractivity contribution >= 4 is 11.5 Å². The summed E-state index contributed by atoms with van der Waals surface area (Å²) in [5, 5.41) is 3.64. The second-order valence-electron chi connectivity index (χ2n) is 7.22. The van der Waals surface area contributed by atoms with Crippen molar-refractivity contribution in [1.82, 2.24) is 4.90 Å². The van der Waals surface area contributed by atoms with Crippen molar-refractivity contribution in [3.63, 3.8) is 0 Å². The van der Waals surface area contributed by atoms with Gasteiger partial charge in [-0.05, 0) is 17.7 Å². The number of Topliss-reactive ketones (excluding diaryl/α,β-unsaturated/α-hetero) is 1. The molecule has 4 nitrogen and oxygen atoms in total. The van der Waals surface area contributed by atoms with E-state index in [0.29, 0.717) is 13.2 Å². The zero-order valence-electron chi connectivity index (χ0n) is 16.4. The molecular weight excluding hydrogens is 360 g/mol. The normalized spacial score (nSPS) is 16.7. The van der Waals surface area contributed by atoms with Crippen LogP contribution in [0.2, 0.25) is 0 Å². The molecule has 148 valence electrons. The molecular formula is C25H26N2O2. The lowest BCUT2D eigenvalue weighted by Crippen LogP contribution is -2.52. The Balaban J connectivity index is 1.75. The number of benzene rings is 3. The van der Waals surface area contributed by atoms with E-state index in [2.05, 4.69) is 22.3 Å². The van der Waals surface area contributed by atoms with E-state index in [1.54, 1.807) is 0 Å². The van der Waals surface area contributed by atoms with Crippen LogP contribution in [0.5, 0.6) is 0 Å². The molecule has 0 amide bonds. The van der Waals surface area contributed by atoms with Gasteiger partial charge in [0.2, 0.25) is 0 Å². The molecule has 4 rings (SSSR count). The first kappa shape index (κ1) is 19.4. The Morgan fingerprint density at radius 3 is 1.97 bits per heavy atom. The molecule has 0 saturated carbocycles. The van der Waals surface area contributed by atoms with Gasteiger partial charge in [-0.2, -0.15) is 0 Å². The summed E-state index contributed by atoms with van der Waals surface area (Å²) < 4.78 is 5.57. The van der Waals surface area contributed by atoms with E-state index >= 15 is 0 Å². The Kier molecular flexibility index (Phi) is 6.35. The highest BCUT2D eigenvalue weighted by molar-refractivity contribution is 6.01.